The number of hydrogen-bond acceptors (Lipinski definition) is 3. The van der Waals surface area contributed by atoms with Crippen LogP contribution in [0.15, 0.2) is 64.2 Å². The standard InChI is InChI=1S/C28H29N3O2/c1-4-13-30(14-5-2)18-11-12-23-20(15-18)28(33)21-17-26-22(16-24(21)29-23)27(32)19-9-7-8-10-25(19)31(26)6-3/h7-12,15-17H,4-6,13-14H2,1-3H3,(H,29,33). The molecule has 5 rings (SSSR count). The summed E-state index contributed by atoms with van der Waals surface area (Å²) in [5.74, 6) is 0. The summed E-state index contributed by atoms with van der Waals surface area (Å²) in [4.78, 5) is 32.7. The molecule has 0 unspecified atom stereocenters. The number of hydrogen-bond donors (Lipinski definition) is 1. The van der Waals surface area contributed by atoms with Crippen LogP contribution >= 0.6 is 0 Å². The van der Waals surface area contributed by atoms with Crippen molar-refractivity contribution >= 4 is 49.3 Å². The molecule has 2 aromatic heterocycles. The molecule has 0 spiro atoms. The van der Waals surface area contributed by atoms with Gasteiger partial charge in [-0.25, -0.2) is 0 Å². The molecule has 5 heteroatoms. The second-order valence-corrected chi connectivity index (χ2v) is 8.68. The molecule has 3 aromatic carbocycles. The van der Waals surface area contributed by atoms with E-state index < -0.39 is 0 Å². The van der Waals surface area contributed by atoms with Gasteiger partial charge in [0.1, 0.15) is 0 Å². The molecule has 0 bridgehead atoms. The van der Waals surface area contributed by atoms with Gasteiger partial charge in [0.25, 0.3) is 0 Å². The Hall–Kier alpha value is -3.60. The summed E-state index contributed by atoms with van der Waals surface area (Å²) in [5.41, 5.74) is 4.26. The number of anilines is 1. The van der Waals surface area contributed by atoms with Crippen LogP contribution in [0.4, 0.5) is 5.69 Å². The van der Waals surface area contributed by atoms with Crippen LogP contribution < -0.4 is 15.8 Å². The first-order valence-electron chi connectivity index (χ1n) is 11.9. The minimum atomic E-state index is -0.00160. The molecule has 0 radical (unpaired) electrons. The molecule has 5 aromatic rings. The van der Waals surface area contributed by atoms with E-state index in [1.807, 2.05) is 48.5 Å². The lowest BCUT2D eigenvalue weighted by Crippen LogP contribution is -2.25. The average Bonchev–Trinajstić information content (AvgIpc) is 2.84. The second-order valence-electron chi connectivity index (χ2n) is 8.68. The topological polar surface area (TPSA) is 58.1 Å². The summed E-state index contributed by atoms with van der Waals surface area (Å²) in [6.45, 7) is 9.05. The van der Waals surface area contributed by atoms with Gasteiger partial charge in [0, 0.05) is 52.4 Å². The first kappa shape index (κ1) is 21.3. The van der Waals surface area contributed by atoms with Crippen LogP contribution in [0.5, 0.6) is 0 Å². The molecule has 0 fully saturated rings. The van der Waals surface area contributed by atoms with E-state index in [0.717, 1.165) is 48.2 Å². The maximum absolute atomic E-state index is 13.6. The van der Waals surface area contributed by atoms with Crippen LogP contribution in [-0.4, -0.2) is 22.6 Å². The lowest BCUT2D eigenvalue weighted by Gasteiger charge is -2.24. The molecule has 2 heterocycles. The zero-order chi connectivity index (χ0) is 23.1. The van der Waals surface area contributed by atoms with E-state index in [1.165, 1.54) is 0 Å². The maximum atomic E-state index is 13.6. The Bertz CT molecular complexity index is 1620. The van der Waals surface area contributed by atoms with Crippen LogP contribution in [0.3, 0.4) is 0 Å². The summed E-state index contributed by atoms with van der Waals surface area (Å²) in [6, 6.07) is 17.5. The van der Waals surface area contributed by atoms with Crippen molar-refractivity contribution in [1.82, 2.24) is 9.55 Å². The van der Waals surface area contributed by atoms with E-state index in [4.69, 9.17) is 0 Å². The molecular formula is C28H29N3O2. The first-order valence-corrected chi connectivity index (χ1v) is 11.9. The SMILES string of the molecule is CCCN(CCC)c1ccc2[nH]c3cc4c(=O)c5ccccc5n(CC)c4cc3c(=O)c2c1. The van der Waals surface area contributed by atoms with E-state index in [2.05, 4.69) is 41.3 Å². The highest BCUT2D eigenvalue weighted by Gasteiger charge is 2.15. The van der Waals surface area contributed by atoms with Crippen molar-refractivity contribution < 1.29 is 0 Å². The Morgan fingerprint density at radius 1 is 0.727 bits per heavy atom. The molecule has 5 nitrogen and oxygen atoms in total. The molecule has 0 aliphatic carbocycles. The number of aryl methyl sites for hydroxylation is 1. The van der Waals surface area contributed by atoms with Crippen LogP contribution in [0, 0.1) is 0 Å². The van der Waals surface area contributed by atoms with Gasteiger partial charge in [-0.1, -0.05) is 26.0 Å². The third-order valence-electron chi connectivity index (χ3n) is 6.54. The number of benzene rings is 3. The van der Waals surface area contributed by atoms with Gasteiger partial charge in [0.15, 0.2) is 10.9 Å². The lowest BCUT2D eigenvalue weighted by molar-refractivity contribution is 0.745. The quantitative estimate of drug-likeness (QED) is 0.340. The highest BCUT2D eigenvalue weighted by molar-refractivity contribution is 6.03. The predicted octanol–water partition coefficient (Wildman–Crippen LogP) is 5.80. The third-order valence-corrected chi connectivity index (χ3v) is 6.54. The number of nitrogens with one attached hydrogen (secondary N) is 1. The summed E-state index contributed by atoms with van der Waals surface area (Å²) in [6.07, 6.45) is 2.11. The van der Waals surface area contributed by atoms with Crippen LogP contribution in [0.1, 0.15) is 33.6 Å². The highest BCUT2D eigenvalue weighted by Crippen LogP contribution is 2.26. The number of fused-ring (bicyclic) bond motifs is 4. The van der Waals surface area contributed by atoms with Gasteiger partial charge in [-0.05, 0) is 62.2 Å². The Morgan fingerprint density at radius 2 is 1.42 bits per heavy atom. The van der Waals surface area contributed by atoms with Crippen molar-refractivity contribution in [2.24, 2.45) is 0 Å². The molecule has 33 heavy (non-hydrogen) atoms. The monoisotopic (exact) mass is 439 g/mol. The largest absolute Gasteiger partial charge is 0.372 e. The van der Waals surface area contributed by atoms with Crippen molar-refractivity contribution in [3.63, 3.8) is 0 Å². The van der Waals surface area contributed by atoms with Gasteiger partial charge in [-0.2, -0.15) is 0 Å². The Balaban J connectivity index is 1.83. The zero-order valence-electron chi connectivity index (χ0n) is 19.4. The van der Waals surface area contributed by atoms with E-state index in [9.17, 15) is 9.59 Å². The van der Waals surface area contributed by atoms with Gasteiger partial charge in [-0.3, -0.25) is 9.59 Å². The average molecular weight is 440 g/mol. The number of rotatable bonds is 6. The number of aromatic amines is 1. The molecular weight excluding hydrogens is 410 g/mol. The summed E-state index contributed by atoms with van der Waals surface area (Å²) in [5, 5.41) is 2.63. The van der Waals surface area contributed by atoms with Gasteiger partial charge in [0.2, 0.25) is 0 Å². The Kier molecular flexibility index (Phi) is 5.41. The zero-order valence-corrected chi connectivity index (χ0v) is 19.4. The smallest absolute Gasteiger partial charge is 0.197 e. The molecule has 0 saturated heterocycles. The minimum Gasteiger partial charge on any atom is -0.372 e. The minimum absolute atomic E-state index is 0.00120. The molecule has 0 amide bonds. The van der Waals surface area contributed by atoms with E-state index in [0.29, 0.717) is 33.6 Å². The summed E-state index contributed by atoms with van der Waals surface area (Å²) in [7, 11) is 0. The Labute approximate surface area is 192 Å². The van der Waals surface area contributed by atoms with Crippen LogP contribution in [0.2, 0.25) is 0 Å². The van der Waals surface area contributed by atoms with Crippen LogP contribution in [-0.2, 0) is 6.54 Å². The fourth-order valence-electron chi connectivity index (χ4n) is 5.03. The first-order chi connectivity index (χ1) is 16.1. The Morgan fingerprint density at radius 3 is 2.15 bits per heavy atom. The second kappa shape index (κ2) is 8.39. The molecule has 0 aliphatic heterocycles. The fraction of sp³-hybridized carbons (Fsp3) is 0.286. The molecule has 0 saturated carbocycles. The van der Waals surface area contributed by atoms with Gasteiger partial charge in [-0.15, -0.1) is 0 Å². The highest BCUT2D eigenvalue weighted by atomic mass is 16.1. The summed E-state index contributed by atoms with van der Waals surface area (Å²) < 4.78 is 2.12. The number of para-hydroxylation sites is 1. The van der Waals surface area contributed by atoms with Gasteiger partial charge in [0.05, 0.1) is 16.6 Å². The summed E-state index contributed by atoms with van der Waals surface area (Å²) >= 11 is 0. The van der Waals surface area contributed by atoms with Crippen LogP contribution in [0.25, 0.3) is 43.6 Å². The third kappa shape index (κ3) is 3.39. The van der Waals surface area contributed by atoms with Gasteiger partial charge >= 0.3 is 0 Å². The number of aromatic nitrogens is 2. The van der Waals surface area contributed by atoms with Gasteiger partial charge < -0.3 is 14.5 Å². The van der Waals surface area contributed by atoms with E-state index in [1.54, 1.807) is 0 Å². The molecule has 168 valence electrons. The normalized spacial score (nSPS) is 11.7. The van der Waals surface area contributed by atoms with Crippen molar-refractivity contribution in [3.05, 3.63) is 75.0 Å². The van der Waals surface area contributed by atoms with E-state index >= 15 is 0 Å². The maximum Gasteiger partial charge on any atom is 0.197 e. The van der Waals surface area contributed by atoms with Crippen molar-refractivity contribution in [1.29, 1.82) is 0 Å². The molecule has 0 aliphatic rings. The predicted molar refractivity (Wildman–Crippen MR) is 140 cm³/mol. The van der Waals surface area contributed by atoms with E-state index in [-0.39, 0.29) is 10.9 Å². The molecule has 0 atom stereocenters. The van der Waals surface area contributed by atoms with Crippen molar-refractivity contribution in [2.75, 3.05) is 18.0 Å². The fourth-order valence-corrected chi connectivity index (χ4v) is 5.03. The van der Waals surface area contributed by atoms with Crippen molar-refractivity contribution in [2.45, 2.75) is 40.2 Å². The number of pyridine rings is 2. The number of H-pyrrole nitrogens is 1. The number of nitrogens with zero attached hydrogens (tertiary/aromatic N) is 2. The van der Waals surface area contributed by atoms with Crippen molar-refractivity contribution in [3.8, 4) is 0 Å². The molecule has 1 N–H and O–H groups in total. The lowest BCUT2D eigenvalue weighted by atomic mass is 10.0.